The molecule has 0 amide bonds. The SMILES string of the molecule is O=c1[nH]cnn2c(CCOCP(=O)(O)O)ccc12. The van der Waals surface area contributed by atoms with Gasteiger partial charge in [-0.3, -0.25) is 9.36 Å². The molecule has 98 valence electrons. The molecule has 0 aliphatic carbocycles. The number of aromatic amines is 1. The zero-order valence-electron chi connectivity index (χ0n) is 9.31. The summed E-state index contributed by atoms with van der Waals surface area (Å²) in [5.74, 6) is 0. The minimum atomic E-state index is -4.13. The molecule has 0 unspecified atom stereocenters. The molecule has 0 fully saturated rings. The molecule has 2 heterocycles. The van der Waals surface area contributed by atoms with Crippen LogP contribution in [0.1, 0.15) is 5.69 Å². The Hall–Kier alpha value is -1.47. The maximum Gasteiger partial charge on any atom is 0.350 e. The molecule has 0 saturated carbocycles. The highest BCUT2D eigenvalue weighted by atomic mass is 31.2. The fourth-order valence-electron chi connectivity index (χ4n) is 1.55. The summed E-state index contributed by atoms with van der Waals surface area (Å²) in [7, 11) is -4.13. The molecule has 0 atom stereocenters. The average Bonchev–Trinajstić information content (AvgIpc) is 2.68. The molecule has 0 radical (unpaired) electrons. The molecule has 9 heteroatoms. The van der Waals surface area contributed by atoms with Gasteiger partial charge >= 0.3 is 7.60 Å². The third-order valence-corrected chi connectivity index (χ3v) is 2.82. The highest BCUT2D eigenvalue weighted by molar-refractivity contribution is 7.51. The van der Waals surface area contributed by atoms with Crippen molar-refractivity contribution < 1.29 is 19.1 Å². The molecular formula is C9H12N3O5P. The van der Waals surface area contributed by atoms with Crippen molar-refractivity contribution in [2.45, 2.75) is 6.42 Å². The van der Waals surface area contributed by atoms with Crippen LogP contribution in [-0.2, 0) is 15.7 Å². The van der Waals surface area contributed by atoms with Crippen molar-refractivity contribution in [3.63, 3.8) is 0 Å². The lowest BCUT2D eigenvalue weighted by Gasteiger charge is -2.05. The number of H-pyrrole nitrogens is 1. The van der Waals surface area contributed by atoms with Gasteiger partial charge in [0.25, 0.3) is 5.56 Å². The van der Waals surface area contributed by atoms with E-state index in [9.17, 15) is 9.36 Å². The number of hydrogen-bond acceptors (Lipinski definition) is 4. The quantitative estimate of drug-likeness (QED) is 0.509. The summed E-state index contributed by atoms with van der Waals surface area (Å²) in [6.45, 7) is 0.145. The van der Waals surface area contributed by atoms with Crippen LogP contribution in [0, 0.1) is 0 Å². The van der Waals surface area contributed by atoms with Crippen molar-refractivity contribution >= 4 is 13.1 Å². The normalized spacial score (nSPS) is 12.1. The molecule has 0 aliphatic rings. The molecule has 8 nitrogen and oxygen atoms in total. The van der Waals surface area contributed by atoms with Gasteiger partial charge in [0.1, 0.15) is 18.2 Å². The van der Waals surface area contributed by atoms with Crippen LogP contribution in [0.5, 0.6) is 0 Å². The second kappa shape index (κ2) is 5.03. The molecule has 0 bridgehead atoms. The van der Waals surface area contributed by atoms with Crippen molar-refractivity contribution in [2.75, 3.05) is 13.0 Å². The monoisotopic (exact) mass is 273 g/mol. The minimum Gasteiger partial charge on any atom is -0.368 e. The topological polar surface area (TPSA) is 117 Å². The lowest BCUT2D eigenvalue weighted by Crippen LogP contribution is -2.12. The second-order valence-corrected chi connectivity index (χ2v) is 5.28. The van der Waals surface area contributed by atoms with Crippen molar-refractivity contribution in [1.82, 2.24) is 14.6 Å². The maximum absolute atomic E-state index is 11.4. The summed E-state index contributed by atoms with van der Waals surface area (Å²) in [5, 5.41) is 3.98. The Morgan fingerprint density at radius 1 is 1.44 bits per heavy atom. The Labute approximate surface area is 101 Å². The van der Waals surface area contributed by atoms with Gasteiger partial charge in [-0.25, -0.2) is 4.52 Å². The van der Waals surface area contributed by atoms with Crippen LogP contribution in [0.3, 0.4) is 0 Å². The summed E-state index contributed by atoms with van der Waals surface area (Å²) >= 11 is 0. The van der Waals surface area contributed by atoms with Gasteiger partial charge < -0.3 is 19.5 Å². The number of nitrogens with zero attached hydrogens (tertiary/aromatic N) is 2. The number of rotatable bonds is 5. The summed E-state index contributed by atoms with van der Waals surface area (Å²) in [5.41, 5.74) is 0.914. The van der Waals surface area contributed by atoms with Gasteiger partial charge in [0.15, 0.2) is 0 Å². The highest BCUT2D eigenvalue weighted by Crippen LogP contribution is 2.33. The van der Waals surface area contributed by atoms with Crippen LogP contribution in [0.4, 0.5) is 0 Å². The van der Waals surface area contributed by atoms with Crippen LogP contribution in [-0.4, -0.2) is 37.3 Å². The first-order chi connectivity index (χ1) is 8.47. The van der Waals surface area contributed by atoms with Gasteiger partial charge in [0.2, 0.25) is 0 Å². The summed E-state index contributed by atoms with van der Waals surface area (Å²) in [6.07, 6.45) is 1.09. The second-order valence-electron chi connectivity index (χ2n) is 3.69. The van der Waals surface area contributed by atoms with Crippen molar-refractivity contribution in [1.29, 1.82) is 0 Å². The van der Waals surface area contributed by atoms with Gasteiger partial charge in [-0.2, -0.15) is 5.10 Å². The van der Waals surface area contributed by atoms with Gasteiger partial charge in [-0.1, -0.05) is 0 Å². The predicted molar refractivity (Wildman–Crippen MR) is 62.4 cm³/mol. The molecule has 3 N–H and O–H groups in total. The number of fused-ring (bicyclic) bond motifs is 1. The van der Waals surface area contributed by atoms with Crippen molar-refractivity contribution in [3.05, 3.63) is 34.5 Å². The van der Waals surface area contributed by atoms with E-state index in [0.29, 0.717) is 11.9 Å². The molecule has 2 aromatic rings. The molecular weight excluding hydrogens is 261 g/mol. The van der Waals surface area contributed by atoms with Crippen LogP contribution < -0.4 is 5.56 Å². The third kappa shape index (κ3) is 3.05. The van der Waals surface area contributed by atoms with Crippen molar-refractivity contribution in [3.8, 4) is 0 Å². The van der Waals surface area contributed by atoms with E-state index in [-0.39, 0.29) is 12.2 Å². The van der Waals surface area contributed by atoms with Crippen molar-refractivity contribution in [2.24, 2.45) is 0 Å². The first-order valence-corrected chi connectivity index (χ1v) is 6.94. The number of nitrogens with one attached hydrogen (secondary N) is 1. The molecule has 18 heavy (non-hydrogen) atoms. The number of ether oxygens (including phenoxy) is 1. The zero-order chi connectivity index (χ0) is 13.2. The lowest BCUT2D eigenvalue weighted by atomic mass is 10.3. The molecule has 0 saturated heterocycles. The fraction of sp³-hybridized carbons (Fsp3) is 0.333. The Morgan fingerprint density at radius 2 is 2.22 bits per heavy atom. The van der Waals surface area contributed by atoms with E-state index in [0.717, 1.165) is 5.69 Å². The average molecular weight is 273 g/mol. The van der Waals surface area contributed by atoms with E-state index >= 15 is 0 Å². The molecule has 2 rings (SSSR count). The Bertz CT molecular complexity index is 643. The zero-order valence-corrected chi connectivity index (χ0v) is 10.2. The van der Waals surface area contributed by atoms with E-state index in [1.807, 2.05) is 0 Å². The maximum atomic E-state index is 11.4. The van der Waals surface area contributed by atoms with E-state index in [2.05, 4.69) is 10.1 Å². The third-order valence-electron chi connectivity index (χ3n) is 2.30. The Morgan fingerprint density at radius 3 is 2.94 bits per heavy atom. The fourth-order valence-corrected chi connectivity index (χ4v) is 1.91. The van der Waals surface area contributed by atoms with Gasteiger partial charge in [-0.05, 0) is 12.1 Å². The minimum absolute atomic E-state index is 0.145. The summed E-state index contributed by atoms with van der Waals surface area (Å²) in [4.78, 5) is 31.1. The standard InChI is InChI=1S/C9H12N3O5P/c13-9-8-2-1-7(12(8)11-5-10-9)3-4-17-6-18(14,15)16/h1-2,5H,3-4,6H2,(H,10,11,13)(H2,14,15,16). The Kier molecular flexibility index (Phi) is 3.63. The van der Waals surface area contributed by atoms with Crippen LogP contribution >= 0.6 is 7.60 Å². The van der Waals surface area contributed by atoms with Crippen LogP contribution in [0.15, 0.2) is 23.3 Å². The van der Waals surface area contributed by atoms with E-state index in [1.165, 1.54) is 10.8 Å². The van der Waals surface area contributed by atoms with Crippen LogP contribution in [0.2, 0.25) is 0 Å². The number of aromatic nitrogens is 3. The van der Waals surface area contributed by atoms with E-state index in [4.69, 9.17) is 14.5 Å². The first kappa shape index (κ1) is 13.0. The van der Waals surface area contributed by atoms with Gasteiger partial charge in [0, 0.05) is 12.1 Å². The molecule has 0 aliphatic heterocycles. The van der Waals surface area contributed by atoms with Gasteiger partial charge in [0.05, 0.1) is 6.61 Å². The van der Waals surface area contributed by atoms with E-state index in [1.54, 1.807) is 12.1 Å². The number of hydrogen-bond donors (Lipinski definition) is 3. The molecule has 0 spiro atoms. The van der Waals surface area contributed by atoms with E-state index < -0.39 is 13.9 Å². The predicted octanol–water partition coefficient (Wildman–Crippen LogP) is -0.283. The largest absolute Gasteiger partial charge is 0.368 e. The Balaban J connectivity index is 2.03. The van der Waals surface area contributed by atoms with Gasteiger partial charge in [-0.15, -0.1) is 0 Å². The summed E-state index contributed by atoms with van der Waals surface area (Å²) in [6, 6.07) is 3.35. The first-order valence-electron chi connectivity index (χ1n) is 5.14. The summed E-state index contributed by atoms with van der Waals surface area (Å²) < 4.78 is 16.9. The molecule has 2 aromatic heterocycles. The smallest absolute Gasteiger partial charge is 0.350 e. The van der Waals surface area contributed by atoms with Crippen LogP contribution in [0.25, 0.3) is 5.52 Å². The molecule has 0 aromatic carbocycles. The highest BCUT2D eigenvalue weighted by Gasteiger charge is 2.12. The lowest BCUT2D eigenvalue weighted by molar-refractivity contribution is 0.159.